The molecule has 0 bridgehead atoms. The molecule has 0 saturated carbocycles. The van der Waals surface area contributed by atoms with E-state index in [1.54, 1.807) is 0 Å². The first-order chi connectivity index (χ1) is 28.5. The van der Waals surface area contributed by atoms with E-state index in [2.05, 4.69) is 202 Å². The summed E-state index contributed by atoms with van der Waals surface area (Å²) in [4.78, 5) is 5.19. The van der Waals surface area contributed by atoms with Gasteiger partial charge in [-0.15, -0.1) is 0 Å². The van der Waals surface area contributed by atoms with E-state index in [-0.39, 0.29) is 12.1 Å². The van der Waals surface area contributed by atoms with Gasteiger partial charge >= 0.3 is 0 Å². The van der Waals surface area contributed by atoms with Gasteiger partial charge in [-0.05, 0) is 114 Å². The molecule has 4 heteroatoms. The van der Waals surface area contributed by atoms with E-state index in [1.807, 2.05) is 23.5 Å². The van der Waals surface area contributed by atoms with E-state index in [0.29, 0.717) is 5.56 Å². The average molecular weight is 774 g/mol. The van der Waals surface area contributed by atoms with Crippen LogP contribution in [0.3, 0.4) is 0 Å². The van der Waals surface area contributed by atoms with Crippen molar-refractivity contribution in [2.24, 2.45) is 0 Å². The highest BCUT2D eigenvalue weighted by atomic mass is 32.2. The van der Waals surface area contributed by atoms with Crippen LogP contribution in [0.25, 0.3) is 54.9 Å². The molecule has 9 aromatic rings. The Balaban J connectivity index is 1.10. The summed E-state index contributed by atoms with van der Waals surface area (Å²) in [5.74, 6) is 0. The van der Waals surface area contributed by atoms with E-state index >= 15 is 0 Å². The maximum Gasteiger partial charge on any atom is 0.247 e. The molecule has 1 nitrogen and oxygen atoms in total. The molecule has 2 aliphatic heterocycles. The van der Waals surface area contributed by atoms with Crippen molar-refractivity contribution in [2.45, 2.75) is 38.8 Å². The van der Waals surface area contributed by atoms with Gasteiger partial charge in [-0.1, -0.05) is 188 Å². The Labute approximate surface area is 348 Å². The number of fused-ring (bicyclic) bond motifs is 6. The molecular weight excluding hydrogens is 738 g/mol. The quantitative estimate of drug-likeness (QED) is 0.129. The number of hydrogen-bond donors (Lipinski definition) is 0. The van der Waals surface area contributed by atoms with Crippen molar-refractivity contribution >= 4 is 68.2 Å². The van der Waals surface area contributed by atoms with Crippen LogP contribution in [0.5, 0.6) is 0 Å². The lowest BCUT2D eigenvalue weighted by Crippen LogP contribution is -2.58. The fourth-order valence-corrected chi connectivity index (χ4v) is 11.9. The lowest BCUT2D eigenvalue weighted by Gasteiger charge is -2.34. The zero-order chi connectivity index (χ0) is 39.0. The van der Waals surface area contributed by atoms with Crippen LogP contribution >= 0.6 is 23.5 Å². The molecular formula is C54H36BNS2. The second-order valence-electron chi connectivity index (χ2n) is 15.9. The van der Waals surface area contributed by atoms with Crippen molar-refractivity contribution in [3.63, 3.8) is 0 Å². The molecule has 0 amide bonds. The molecule has 0 unspecified atom stereocenters. The van der Waals surface area contributed by atoms with Gasteiger partial charge in [-0.2, -0.15) is 5.26 Å². The molecule has 0 spiro atoms. The zero-order valence-corrected chi connectivity index (χ0v) is 33.8. The molecule has 11 rings (SSSR count). The Bertz CT molecular complexity index is 3110. The summed E-state index contributed by atoms with van der Waals surface area (Å²) in [5.41, 5.74) is 14.1. The Kier molecular flexibility index (Phi) is 8.26. The molecule has 2 heterocycles. The third kappa shape index (κ3) is 5.57. The van der Waals surface area contributed by atoms with Gasteiger partial charge in [0.2, 0.25) is 6.71 Å². The summed E-state index contributed by atoms with van der Waals surface area (Å²) in [6.07, 6.45) is 0. The Hall–Kier alpha value is -6.25. The van der Waals surface area contributed by atoms with Crippen molar-refractivity contribution in [2.75, 3.05) is 0 Å². The van der Waals surface area contributed by atoms with Crippen LogP contribution in [0.2, 0.25) is 0 Å². The number of hydrogen-bond acceptors (Lipinski definition) is 3. The standard InChI is InChI=1S/C54H36BNS2/c1-54(2,39-17-7-4-8-18-39)40-25-26-46-48(32-40)58-50-31-37(30-49-53(50)55(46)45-23-13-14-24-47(45)57-49)36-27-34(33-56)28-38(29-36)52-43-21-11-9-19-41(43)51(35-15-5-3-6-16-35)42-20-10-12-22-44(42)52/h3-32H,1-2H3. The summed E-state index contributed by atoms with van der Waals surface area (Å²) >= 11 is 3.77. The van der Waals surface area contributed by atoms with Crippen molar-refractivity contribution in [3.05, 3.63) is 199 Å². The third-order valence-corrected chi connectivity index (χ3v) is 14.6. The average Bonchev–Trinajstić information content (AvgIpc) is 3.28. The van der Waals surface area contributed by atoms with Gasteiger partial charge in [0.1, 0.15) is 0 Å². The molecule has 0 atom stereocenters. The molecule has 58 heavy (non-hydrogen) atoms. The van der Waals surface area contributed by atoms with Gasteiger partial charge in [-0.3, -0.25) is 0 Å². The SMILES string of the molecule is CC(C)(c1ccccc1)c1ccc2c(c1)Sc1cc(-c3cc(C#N)cc(-c4c5ccccc5c(-c5ccccc5)c5ccccc45)c3)cc3c1B2c1ccccc1S3. The lowest BCUT2D eigenvalue weighted by molar-refractivity contribution is 0.639. The molecule has 9 aromatic carbocycles. The van der Waals surface area contributed by atoms with E-state index in [0.717, 1.165) is 22.3 Å². The smallest absolute Gasteiger partial charge is 0.192 e. The summed E-state index contributed by atoms with van der Waals surface area (Å²) < 4.78 is 0. The van der Waals surface area contributed by atoms with Crippen LogP contribution in [0.15, 0.2) is 202 Å². The first-order valence-electron chi connectivity index (χ1n) is 19.8. The molecule has 0 aliphatic carbocycles. The molecule has 0 N–H and O–H groups in total. The second kappa shape index (κ2) is 13.7. The summed E-state index contributed by atoms with van der Waals surface area (Å²) in [6.45, 7) is 4.81. The zero-order valence-electron chi connectivity index (χ0n) is 32.2. The number of nitrogens with zero attached hydrogens (tertiary/aromatic N) is 1. The van der Waals surface area contributed by atoms with Gasteiger partial charge in [-0.25, -0.2) is 0 Å². The lowest BCUT2D eigenvalue weighted by atomic mass is 9.36. The number of nitriles is 1. The van der Waals surface area contributed by atoms with E-state index in [1.165, 1.54) is 79.8 Å². The fraction of sp³-hybridized carbons (Fsp3) is 0.0556. The van der Waals surface area contributed by atoms with E-state index < -0.39 is 0 Å². The van der Waals surface area contributed by atoms with Crippen LogP contribution in [0.1, 0.15) is 30.5 Å². The minimum atomic E-state index is -0.147. The van der Waals surface area contributed by atoms with Gasteiger partial charge < -0.3 is 0 Å². The van der Waals surface area contributed by atoms with Gasteiger partial charge in [0, 0.05) is 25.0 Å². The molecule has 272 valence electrons. The summed E-state index contributed by atoms with van der Waals surface area (Å²) in [6, 6.07) is 68.9. The molecule has 0 fully saturated rings. The second-order valence-corrected chi connectivity index (χ2v) is 18.1. The highest BCUT2D eigenvalue weighted by molar-refractivity contribution is 8.01. The fourth-order valence-electron chi connectivity index (χ4n) is 9.38. The molecule has 2 aliphatic rings. The van der Waals surface area contributed by atoms with E-state index in [9.17, 15) is 5.26 Å². The maximum absolute atomic E-state index is 10.6. The Morgan fingerprint density at radius 2 is 0.948 bits per heavy atom. The van der Waals surface area contributed by atoms with Crippen LogP contribution in [-0.4, -0.2) is 6.71 Å². The number of rotatable bonds is 5. The van der Waals surface area contributed by atoms with Gasteiger partial charge in [0.25, 0.3) is 0 Å². The van der Waals surface area contributed by atoms with Crippen LogP contribution in [0.4, 0.5) is 0 Å². The normalized spacial score (nSPS) is 12.8. The first kappa shape index (κ1) is 35.0. The highest BCUT2D eigenvalue weighted by Gasteiger charge is 2.39. The number of benzene rings is 9. The van der Waals surface area contributed by atoms with Gasteiger partial charge in [0.05, 0.1) is 11.6 Å². The van der Waals surface area contributed by atoms with Crippen LogP contribution < -0.4 is 16.4 Å². The van der Waals surface area contributed by atoms with Crippen LogP contribution in [0, 0.1) is 11.3 Å². The Morgan fingerprint density at radius 1 is 0.431 bits per heavy atom. The van der Waals surface area contributed by atoms with Crippen molar-refractivity contribution in [1.82, 2.24) is 0 Å². The predicted molar refractivity (Wildman–Crippen MR) is 247 cm³/mol. The monoisotopic (exact) mass is 773 g/mol. The molecule has 0 radical (unpaired) electrons. The Morgan fingerprint density at radius 3 is 1.60 bits per heavy atom. The van der Waals surface area contributed by atoms with E-state index in [4.69, 9.17) is 0 Å². The third-order valence-electron chi connectivity index (χ3n) is 12.3. The topological polar surface area (TPSA) is 23.8 Å². The summed E-state index contributed by atoms with van der Waals surface area (Å²) in [7, 11) is 0. The maximum atomic E-state index is 10.6. The van der Waals surface area contributed by atoms with Gasteiger partial charge in [0.15, 0.2) is 0 Å². The minimum Gasteiger partial charge on any atom is -0.192 e. The van der Waals surface area contributed by atoms with Crippen molar-refractivity contribution in [3.8, 4) is 39.4 Å². The van der Waals surface area contributed by atoms with Crippen molar-refractivity contribution < 1.29 is 0 Å². The highest BCUT2D eigenvalue weighted by Crippen LogP contribution is 2.46. The predicted octanol–water partition coefficient (Wildman–Crippen LogP) is 12.6. The minimum absolute atomic E-state index is 0.147. The van der Waals surface area contributed by atoms with Crippen LogP contribution in [-0.2, 0) is 5.41 Å². The first-order valence-corrected chi connectivity index (χ1v) is 21.5. The molecule has 0 aromatic heterocycles. The summed E-state index contributed by atoms with van der Waals surface area (Å²) in [5, 5.41) is 15.3. The molecule has 0 saturated heterocycles. The largest absolute Gasteiger partial charge is 0.247 e. The van der Waals surface area contributed by atoms with Crippen molar-refractivity contribution in [1.29, 1.82) is 5.26 Å².